The van der Waals surface area contributed by atoms with Gasteiger partial charge in [-0.3, -0.25) is 0 Å². The maximum atomic E-state index is 6.50. The van der Waals surface area contributed by atoms with Gasteiger partial charge in [0.25, 0.3) is 0 Å². The molecule has 0 fully saturated rings. The van der Waals surface area contributed by atoms with Gasteiger partial charge in [-0.2, -0.15) is 0 Å². The number of rotatable bonds is 12. The number of hydrogen-bond donors (Lipinski definition) is 0. The Balaban J connectivity index is 5.22. The molecule has 0 aliphatic carbocycles. The van der Waals surface area contributed by atoms with Crippen LogP contribution in [0, 0.1) is 0 Å². The van der Waals surface area contributed by atoms with Crippen molar-refractivity contribution in [3.63, 3.8) is 0 Å². The molecule has 0 spiro atoms. The molecular weight excluding hydrogens is 379 g/mol. The average Bonchev–Trinajstić information content (AvgIpc) is 2.54. The summed E-state index contributed by atoms with van der Waals surface area (Å²) in [6.07, 6.45) is 5.96. The summed E-state index contributed by atoms with van der Waals surface area (Å²) < 4.78 is 19.5. The van der Waals surface area contributed by atoms with Gasteiger partial charge in [-0.1, -0.05) is 0 Å². The van der Waals surface area contributed by atoms with Crippen LogP contribution in [-0.4, -0.2) is 39.5 Å². The van der Waals surface area contributed by atoms with Crippen molar-refractivity contribution in [3.05, 3.63) is 0 Å². The van der Waals surface area contributed by atoms with Gasteiger partial charge in [-0.05, 0) is 0 Å². The van der Waals surface area contributed by atoms with Gasteiger partial charge >= 0.3 is 149 Å². The summed E-state index contributed by atoms with van der Waals surface area (Å²) in [4.78, 5) is 0. The van der Waals surface area contributed by atoms with E-state index < -0.39 is 22.7 Å². The van der Waals surface area contributed by atoms with Gasteiger partial charge in [-0.25, -0.2) is 0 Å². The molecule has 0 bridgehead atoms. The van der Waals surface area contributed by atoms with Crippen molar-refractivity contribution in [1.82, 2.24) is 0 Å². The Bertz CT molecular complexity index is 247. The quantitative estimate of drug-likeness (QED) is 0.404. The molecule has 0 radical (unpaired) electrons. The summed E-state index contributed by atoms with van der Waals surface area (Å²) in [6.45, 7) is 19.7. The maximum absolute atomic E-state index is 6.50. The summed E-state index contributed by atoms with van der Waals surface area (Å²) in [5.74, 6) is 0. The SMILES string of the molecule is CCC(C)(CC)[O][In]([O]C(C)(CC)CC)[O]C(C)(CC)CC. The van der Waals surface area contributed by atoms with Gasteiger partial charge in [-0.15, -0.1) is 0 Å². The molecule has 22 heavy (non-hydrogen) atoms. The normalized spacial score (nSPS) is 13.5. The molecule has 0 amide bonds. The molecule has 4 heteroatoms. The molecule has 0 rings (SSSR count). The molecule has 0 aliphatic heterocycles. The van der Waals surface area contributed by atoms with Crippen molar-refractivity contribution in [2.45, 2.75) is 118 Å². The van der Waals surface area contributed by atoms with E-state index in [0.717, 1.165) is 38.5 Å². The van der Waals surface area contributed by atoms with Crippen molar-refractivity contribution in [2.75, 3.05) is 0 Å². The molecule has 0 atom stereocenters. The molecule has 0 aliphatic rings. The zero-order chi connectivity index (χ0) is 17.4. The number of hydrogen-bond acceptors (Lipinski definition) is 3. The van der Waals surface area contributed by atoms with Crippen molar-refractivity contribution in [1.29, 1.82) is 0 Å². The van der Waals surface area contributed by atoms with E-state index in [0.29, 0.717) is 0 Å². The summed E-state index contributed by atoms with van der Waals surface area (Å²) in [6, 6.07) is 0. The minimum atomic E-state index is -3.04. The van der Waals surface area contributed by atoms with Crippen LogP contribution in [0.4, 0.5) is 0 Å². The standard InChI is InChI=1S/3C6H13O.In/c3*1-4-6(3,7)5-2;/h3*4-5H2,1-3H3;/q3*-1;+3. The summed E-state index contributed by atoms with van der Waals surface area (Å²) in [5.41, 5.74) is -0.359. The zero-order valence-corrected chi connectivity index (χ0v) is 19.8. The third-order valence-corrected chi connectivity index (χ3v) is 12.1. The Labute approximate surface area is 148 Å². The Hall–Kier alpha value is 0.750. The predicted molar refractivity (Wildman–Crippen MR) is 96.0 cm³/mol. The van der Waals surface area contributed by atoms with E-state index in [4.69, 9.17) is 8.56 Å². The Morgan fingerprint density at radius 2 is 0.682 bits per heavy atom. The first kappa shape index (κ1) is 22.8. The van der Waals surface area contributed by atoms with E-state index in [1.165, 1.54) is 0 Å². The fourth-order valence-corrected chi connectivity index (χ4v) is 9.26. The van der Waals surface area contributed by atoms with Crippen LogP contribution in [-0.2, 0) is 8.56 Å². The summed E-state index contributed by atoms with van der Waals surface area (Å²) >= 11 is -3.04. The van der Waals surface area contributed by atoms with Crippen LogP contribution < -0.4 is 0 Å². The predicted octanol–water partition coefficient (Wildman–Crippen LogP) is 5.76. The molecule has 0 aromatic heterocycles. The van der Waals surface area contributed by atoms with E-state index in [1.54, 1.807) is 0 Å². The Kier molecular flexibility index (Phi) is 10.2. The molecular formula is C18H39InO3. The van der Waals surface area contributed by atoms with Crippen LogP contribution in [0.15, 0.2) is 0 Å². The van der Waals surface area contributed by atoms with Crippen molar-refractivity contribution in [3.8, 4) is 0 Å². The van der Waals surface area contributed by atoms with Crippen LogP contribution in [0.25, 0.3) is 0 Å². The molecule has 0 heterocycles. The van der Waals surface area contributed by atoms with E-state index in [9.17, 15) is 0 Å². The average molecular weight is 418 g/mol. The molecule has 132 valence electrons. The third kappa shape index (κ3) is 7.11. The third-order valence-electron chi connectivity index (χ3n) is 5.63. The van der Waals surface area contributed by atoms with Crippen LogP contribution in [0.1, 0.15) is 101 Å². The van der Waals surface area contributed by atoms with Crippen LogP contribution in [0.5, 0.6) is 0 Å². The summed E-state index contributed by atoms with van der Waals surface area (Å²) in [5, 5.41) is 0. The zero-order valence-electron chi connectivity index (χ0n) is 16.5. The molecule has 0 aromatic carbocycles. The van der Waals surface area contributed by atoms with Crippen LogP contribution >= 0.6 is 0 Å². The van der Waals surface area contributed by atoms with Crippen molar-refractivity contribution < 1.29 is 8.56 Å². The van der Waals surface area contributed by atoms with E-state index in [2.05, 4.69) is 62.3 Å². The minimum absolute atomic E-state index is 0.120. The van der Waals surface area contributed by atoms with Crippen molar-refractivity contribution in [2.24, 2.45) is 0 Å². The Morgan fingerprint density at radius 3 is 0.818 bits per heavy atom. The topological polar surface area (TPSA) is 27.7 Å². The monoisotopic (exact) mass is 418 g/mol. The molecule has 0 aromatic rings. The van der Waals surface area contributed by atoms with Gasteiger partial charge < -0.3 is 0 Å². The van der Waals surface area contributed by atoms with Gasteiger partial charge in [0.1, 0.15) is 0 Å². The van der Waals surface area contributed by atoms with Gasteiger partial charge in [0.05, 0.1) is 0 Å². The Morgan fingerprint density at radius 1 is 0.500 bits per heavy atom. The van der Waals surface area contributed by atoms with Crippen LogP contribution in [0.3, 0.4) is 0 Å². The van der Waals surface area contributed by atoms with E-state index in [-0.39, 0.29) is 16.8 Å². The second kappa shape index (κ2) is 9.90. The molecule has 0 unspecified atom stereocenters. The van der Waals surface area contributed by atoms with Crippen molar-refractivity contribution >= 4 is 22.7 Å². The van der Waals surface area contributed by atoms with Gasteiger partial charge in [0.2, 0.25) is 0 Å². The van der Waals surface area contributed by atoms with Crippen LogP contribution in [0.2, 0.25) is 0 Å². The first-order chi connectivity index (χ1) is 10.1. The second-order valence-electron chi connectivity index (χ2n) is 7.11. The second-order valence-corrected chi connectivity index (χ2v) is 10.8. The molecule has 0 saturated heterocycles. The summed E-state index contributed by atoms with van der Waals surface area (Å²) in [7, 11) is 0. The first-order valence-electron chi connectivity index (χ1n) is 9.18. The molecule has 0 saturated carbocycles. The fraction of sp³-hybridized carbons (Fsp3) is 1.00. The van der Waals surface area contributed by atoms with Gasteiger partial charge in [0.15, 0.2) is 0 Å². The fourth-order valence-electron chi connectivity index (χ4n) is 2.02. The molecule has 0 N–H and O–H groups in total. The molecule has 3 nitrogen and oxygen atoms in total. The van der Waals surface area contributed by atoms with E-state index >= 15 is 0 Å². The van der Waals surface area contributed by atoms with E-state index in [1.807, 2.05) is 0 Å². The van der Waals surface area contributed by atoms with Gasteiger partial charge in [0, 0.05) is 0 Å². The first-order valence-corrected chi connectivity index (χ1v) is 13.2.